The van der Waals surface area contributed by atoms with Crippen LogP contribution in [-0.4, -0.2) is 48.3 Å². The number of benzene rings is 1. The molecule has 1 spiro atoms. The van der Waals surface area contributed by atoms with E-state index in [1.807, 2.05) is 23.1 Å². The second kappa shape index (κ2) is 5.71. The standard InChI is InChI=1S/C18H23NO4/c20-15-6-2-7-18(15)8-3-9-19(12-18)17(21)13-4-1-5-14-16(13)23-11-10-22-14/h1,4-5,15,20H,2-3,6-12H2/t15-,18+/m1/s1. The number of fused-ring (bicyclic) bond motifs is 1. The SMILES string of the molecule is O=C(c1cccc2c1OCCO2)N1CCC[C@@]2(CCC[C@H]2O)C1. The molecule has 4 rings (SSSR count). The van der Waals surface area contributed by atoms with Gasteiger partial charge in [0, 0.05) is 18.5 Å². The summed E-state index contributed by atoms with van der Waals surface area (Å²) in [5.41, 5.74) is 0.479. The summed E-state index contributed by atoms with van der Waals surface area (Å²) in [7, 11) is 0. The Balaban J connectivity index is 1.60. The monoisotopic (exact) mass is 317 g/mol. The maximum atomic E-state index is 13.0. The van der Waals surface area contributed by atoms with Crippen LogP contribution in [0.15, 0.2) is 18.2 Å². The van der Waals surface area contributed by atoms with Crippen molar-refractivity contribution in [1.29, 1.82) is 0 Å². The molecule has 1 aromatic rings. The number of ether oxygens (including phenoxy) is 2. The Morgan fingerprint density at radius 2 is 2.04 bits per heavy atom. The number of carbonyl (C=O) groups excluding carboxylic acids is 1. The summed E-state index contributed by atoms with van der Waals surface area (Å²) < 4.78 is 11.3. The molecule has 5 nitrogen and oxygen atoms in total. The second-order valence-electron chi connectivity index (χ2n) is 6.93. The topological polar surface area (TPSA) is 59.0 Å². The Morgan fingerprint density at radius 3 is 2.87 bits per heavy atom. The molecule has 1 amide bonds. The number of hydrogen-bond acceptors (Lipinski definition) is 4. The number of amides is 1. The van der Waals surface area contributed by atoms with Crippen molar-refractivity contribution in [2.24, 2.45) is 5.41 Å². The van der Waals surface area contributed by atoms with Crippen molar-refractivity contribution in [2.45, 2.75) is 38.2 Å². The zero-order valence-corrected chi connectivity index (χ0v) is 13.3. The van der Waals surface area contributed by atoms with Gasteiger partial charge in [-0.15, -0.1) is 0 Å². The van der Waals surface area contributed by atoms with Crippen molar-refractivity contribution in [2.75, 3.05) is 26.3 Å². The van der Waals surface area contributed by atoms with Gasteiger partial charge < -0.3 is 19.5 Å². The van der Waals surface area contributed by atoms with Crippen molar-refractivity contribution in [3.63, 3.8) is 0 Å². The Bertz CT molecular complexity index is 617. The molecule has 2 aliphatic heterocycles. The van der Waals surface area contributed by atoms with Crippen LogP contribution in [0.4, 0.5) is 0 Å². The fourth-order valence-electron chi connectivity index (χ4n) is 4.34. The van der Waals surface area contributed by atoms with Crippen molar-refractivity contribution in [3.8, 4) is 11.5 Å². The van der Waals surface area contributed by atoms with Gasteiger partial charge in [-0.3, -0.25) is 4.79 Å². The molecular formula is C18H23NO4. The zero-order chi connectivity index (χ0) is 15.9. The minimum Gasteiger partial charge on any atom is -0.486 e. The molecule has 1 aliphatic carbocycles. The number of aliphatic hydroxyl groups is 1. The maximum Gasteiger partial charge on any atom is 0.257 e. The number of carbonyl (C=O) groups is 1. The Labute approximate surface area is 136 Å². The average Bonchev–Trinajstić information content (AvgIpc) is 2.93. The van der Waals surface area contributed by atoms with E-state index in [0.29, 0.717) is 36.8 Å². The predicted octanol–water partition coefficient (Wildman–Crippen LogP) is 2.22. The van der Waals surface area contributed by atoms with Crippen LogP contribution >= 0.6 is 0 Å². The number of likely N-dealkylation sites (tertiary alicyclic amines) is 1. The highest BCUT2D eigenvalue weighted by Gasteiger charge is 2.46. The summed E-state index contributed by atoms with van der Waals surface area (Å²) in [5.74, 6) is 1.20. The van der Waals surface area contributed by atoms with Crippen molar-refractivity contribution in [1.82, 2.24) is 4.90 Å². The molecule has 0 unspecified atom stereocenters. The minimum absolute atomic E-state index is 0.00877. The van der Waals surface area contributed by atoms with E-state index in [-0.39, 0.29) is 17.4 Å². The van der Waals surface area contributed by atoms with Crippen LogP contribution in [0.1, 0.15) is 42.5 Å². The van der Waals surface area contributed by atoms with Crippen molar-refractivity contribution in [3.05, 3.63) is 23.8 Å². The molecule has 2 fully saturated rings. The lowest BCUT2D eigenvalue weighted by Crippen LogP contribution is -2.49. The van der Waals surface area contributed by atoms with Gasteiger partial charge in [0.25, 0.3) is 5.91 Å². The van der Waals surface area contributed by atoms with Crippen LogP contribution in [0.25, 0.3) is 0 Å². The Hall–Kier alpha value is -1.75. The predicted molar refractivity (Wildman–Crippen MR) is 84.9 cm³/mol. The molecule has 1 saturated carbocycles. The van der Waals surface area contributed by atoms with Gasteiger partial charge in [-0.2, -0.15) is 0 Å². The van der Waals surface area contributed by atoms with Gasteiger partial charge in [0.2, 0.25) is 0 Å². The number of rotatable bonds is 1. The van der Waals surface area contributed by atoms with Crippen molar-refractivity contribution < 1.29 is 19.4 Å². The van der Waals surface area contributed by atoms with E-state index in [4.69, 9.17) is 9.47 Å². The molecule has 0 bridgehead atoms. The molecule has 23 heavy (non-hydrogen) atoms. The zero-order valence-electron chi connectivity index (χ0n) is 13.3. The summed E-state index contributed by atoms with van der Waals surface area (Å²) in [5, 5.41) is 10.4. The summed E-state index contributed by atoms with van der Waals surface area (Å²) in [6.07, 6.45) is 4.63. The smallest absolute Gasteiger partial charge is 0.257 e. The molecule has 0 aromatic heterocycles. The van der Waals surface area contributed by atoms with Crippen LogP contribution in [0.5, 0.6) is 11.5 Å². The van der Waals surface area contributed by atoms with E-state index < -0.39 is 0 Å². The van der Waals surface area contributed by atoms with E-state index >= 15 is 0 Å². The number of nitrogens with zero attached hydrogens (tertiary/aromatic N) is 1. The highest BCUT2D eigenvalue weighted by atomic mass is 16.6. The van der Waals surface area contributed by atoms with Crippen LogP contribution in [0, 0.1) is 5.41 Å². The number of para-hydroxylation sites is 1. The average molecular weight is 317 g/mol. The van der Waals surface area contributed by atoms with Gasteiger partial charge in [0.15, 0.2) is 11.5 Å². The largest absolute Gasteiger partial charge is 0.486 e. The van der Waals surface area contributed by atoms with Gasteiger partial charge in [-0.1, -0.05) is 12.5 Å². The lowest BCUT2D eigenvalue weighted by molar-refractivity contribution is -0.00554. The summed E-state index contributed by atoms with van der Waals surface area (Å²) in [4.78, 5) is 14.9. The summed E-state index contributed by atoms with van der Waals surface area (Å²) >= 11 is 0. The van der Waals surface area contributed by atoms with Crippen LogP contribution in [0.2, 0.25) is 0 Å². The molecule has 124 valence electrons. The molecule has 5 heteroatoms. The number of aliphatic hydroxyl groups excluding tert-OH is 1. The van der Waals surface area contributed by atoms with Gasteiger partial charge in [-0.05, 0) is 37.8 Å². The Kier molecular flexibility index (Phi) is 3.68. The first-order chi connectivity index (χ1) is 11.2. The molecule has 2 heterocycles. The summed E-state index contributed by atoms with van der Waals surface area (Å²) in [6, 6.07) is 5.48. The second-order valence-corrected chi connectivity index (χ2v) is 6.93. The lowest BCUT2D eigenvalue weighted by atomic mass is 9.76. The highest BCUT2D eigenvalue weighted by Crippen LogP contribution is 2.45. The lowest BCUT2D eigenvalue weighted by Gasteiger charge is -2.42. The van der Waals surface area contributed by atoms with Gasteiger partial charge in [-0.25, -0.2) is 0 Å². The molecule has 1 aromatic carbocycles. The van der Waals surface area contributed by atoms with Crippen LogP contribution in [0.3, 0.4) is 0 Å². The first-order valence-corrected chi connectivity index (χ1v) is 8.56. The fraction of sp³-hybridized carbons (Fsp3) is 0.611. The van der Waals surface area contributed by atoms with Crippen molar-refractivity contribution >= 4 is 5.91 Å². The normalized spacial score (nSPS) is 29.8. The molecule has 3 aliphatic rings. The van der Waals surface area contributed by atoms with E-state index in [0.717, 1.165) is 38.6 Å². The highest BCUT2D eigenvalue weighted by molar-refractivity contribution is 5.98. The third kappa shape index (κ3) is 2.47. The van der Waals surface area contributed by atoms with E-state index in [9.17, 15) is 9.90 Å². The quantitative estimate of drug-likeness (QED) is 0.863. The van der Waals surface area contributed by atoms with E-state index in [1.165, 1.54) is 0 Å². The maximum absolute atomic E-state index is 13.0. The summed E-state index contributed by atoms with van der Waals surface area (Å²) in [6.45, 7) is 2.39. The fourth-order valence-corrected chi connectivity index (χ4v) is 4.34. The molecule has 1 N–H and O–H groups in total. The number of hydrogen-bond donors (Lipinski definition) is 1. The molecule has 0 radical (unpaired) electrons. The van der Waals surface area contributed by atoms with Gasteiger partial charge >= 0.3 is 0 Å². The van der Waals surface area contributed by atoms with Gasteiger partial charge in [0.05, 0.1) is 11.7 Å². The van der Waals surface area contributed by atoms with E-state index in [2.05, 4.69) is 0 Å². The number of piperidine rings is 1. The molecular weight excluding hydrogens is 294 g/mol. The molecule has 2 atom stereocenters. The van der Waals surface area contributed by atoms with E-state index in [1.54, 1.807) is 0 Å². The first-order valence-electron chi connectivity index (χ1n) is 8.56. The van der Waals surface area contributed by atoms with Crippen LogP contribution < -0.4 is 9.47 Å². The molecule has 1 saturated heterocycles. The minimum atomic E-state index is -0.276. The van der Waals surface area contributed by atoms with Crippen LogP contribution in [-0.2, 0) is 0 Å². The first kappa shape index (κ1) is 14.8. The third-order valence-electron chi connectivity index (χ3n) is 5.55. The van der Waals surface area contributed by atoms with Gasteiger partial charge in [0.1, 0.15) is 13.2 Å². The Morgan fingerprint density at radius 1 is 1.22 bits per heavy atom. The third-order valence-corrected chi connectivity index (χ3v) is 5.55.